The van der Waals surface area contributed by atoms with E-state index in [1.54, 1.807) is 24.0 Å². The summed E-state index contributed by atoms with van der Waals surface area (Å²) < 4.78 is 14.1. The molecule has 1 aliphatic heterocycles. The van der Waals surface area contributed by atoms with E-state index >= 15 is 0 Å². The molecular formula is C19H28BFN2O4. The molecule has 3 N–H and O–H groups in total. The van der Waals surface area contributed by atoms with Gasteiger partial charge in [-0.2, -0.15) is 0 Å². The summed E-state index contributed by atoms with van der Waals surface area (Å²) in [5.74, 6) is -1.42. The fourth-order valence-electron chi connectivity index (χ4n) is 3.30. The number of hydrogen-bond acceptors (Lipinski definition) is 5. The first-order valence-electron chi connectivity index (χ1n) is 9.40. The van der Waals surface area contributed by atoms with Gasteiger partial charge in [0, 0.05) is 19.4 Å². The number of nitrogens with one attached hydrogen (secondary N) is 1. The monoisotopic (exact) mass is 378 g/mol. The Morgan fingerprint density at radius 1 is 1.33 bits per heavy atom. The summed E-state index contributed by atoms with van der Waals surface area (Å²) in [6.45, 7) is 6.25. The van der Waals surface area contributed by atoms with E-state index in [-0.39, 0.29) is 30.4 Å². The van der Waals surface area contributed by atoms with Gasteiger partial charge in [0.05, 0.1) is 17.7 Å². The van der Waals surface area contributed by atoms with Gasteiger partial charge in [-0.3, -0.25) is 9.59 Å². The van der Waals surface area contributed by atoms with Crippen molar-refractivity contribution in [3.05, 3.63) is 29.6 Å². The van der Waals surface area contributed by atoms with Crippen LogP contribution in [0.15, 0.2) is 18.2 Å². The Balaban J connectivity index is 1.87. The Morgan fingerprint density at radius 3 is 2.56 bits per heavy atom. The Morgan fingerprint density at radius 2 is 2.04 bits per heavy atom. The highest BCUT2D eigenvalue weighted by Crippen LogP contribution is 2.30. The number of ketones is 1. The first-order chi connectivity index (χ1) is 12.7. The van der Waals surface area contributed by atoms with E-state index in [2.05, 4.69) is 5.32 Å². The smallest absolute Gasteiger partial charge is 0.426 e. The quantitative estimate of drug-likeness (QED) is 0.568. The van der Waals surface area contributed by atoms with E-state index in [4.69, 9.17) is 0 Å². The standard InChI is InChI=1S/C19H28BFN2O4/c1-12(2)10-18(20(26)27)22-19(25)7-6-17(24)16-8-9-23(16)15-5-4-13(3)11-14(15)21/h4-5,11-12,16,18,26-27H,6-10H2,1-3H3,(H,22,25)/t16-,18-/m0/s1. The zero-order chi connectivity index (χ0) is 20.1. The molecule has 0 radical (unpaired) electrons. The van der Waals surface area contributed by atoms with Crippen molar-refractivity contribution >= 4 is 24.5 Å². The summed E-state index contributed by atoms with van der Waals surface area (Å²) in [5.41, 5.74) is 1.23. The lowest BCUT2D eigenvalue weighted by molar-refractivity contribution is -0.126. The summed E-state index contributed by atoms with van der Waals surface area (Å²) >= 11 is 0. The predicted octanol–water partition coefficient (Wildman–Crippen LogP) is 1.61. The van der Waals surface area contributed by atoms with Crippen molar-refractivity contribution in [3.63, 3.8) is 0 Å². The fraction of sp³-hybridized carbons (Fsp3) is 0.579. The summed E-state index contributed by atoms with van der Waals surface area (Å²) in [4.78, 5) is 26.2. The Hall–Kier alpha value is -1.93. The molecule has 1 aromatic carbocycles. The number of nitrogens with zero attached hydrogens (tertiary/aromatic N) is 1. The number of amides is 1. The van der Waals surface area contributed by atoms with Crippen molar-refractivity contribution < 1.29 is 24.0 Å². The van der Waals surface area contributed by atoms with Crippen LogP contribution >= 0.6 is 0 Å². The molecule has 1 aromatic rings. The molecule has 1 fully saturated rings. The zero-order valence-corrected chi connectivity index (χ0v) is 16.1. The van der Waals surface area contributed by atoms with E-state index in [1.165, 1.54) is 6.07 Å². The van der Waals surface area contributed by atoms with Crippen LogP contribution in [0.1, 0.15) is 45.1 Å². The van der Waals surface area contributed by atoms with Crippen LogP contribution < -0.4 is 10.2 Å². The van der Waals surface area contributed by atoms with Crippen LogP contribution in [0, 0.1) is 18.7 Å². The molecule has 148 valence electrons. The van der Waals surface area contributed by atoms with Crippen molar-refractivity contribution in [2.24, 2.45) is 5.92 Å². The average molecular weight is 378 g/mol. The highest BCUT2D eigenvalue weighted by Gasteiger charge is 2.35. The first-order valence-corrected chi connectivity index (χ1v) is 9.40. The number of carbonyl (C=O) groups is 2. The van der Waals surface area contributed by atoms with Crippen LogP contribution in [-0.4, -0.2) is 47.4 Å². The van der Waals surface area contributed by atoms with Crippen LogP contribution in [-0.2, 0) is 9.59 Å². The highest BCUT2D eigenvalue weighted by molar-refractivity contribution is 6.43. The zero-order valence-electron chi connectivity index (χ0n) is 16.1. The van der Waals surface area contributed by atoms with Crippen molar-refractivity contribution in [2.75, 3.05) is 11.4 Å². The number of rotatable bonds is 9. The minimum Gasteiger partial charge on any atom is -0.426 e. The van der Waals surface area contributed by atoms with Gasteiger partial charge in [-0.1, -0.05) is 19.9 Å². The van der Waals surface area contributed by atoms with Crippen LogP contribution in [0.25, 0.3) is 0 Å². The largest absolute Gasteiger partial charge is 0.475 e. The summed E-state index contributed by atoms with van der Waals surface area (Å²) in [6.07, 6.45) is 1.08. The molecule has 1 aliphatic rings. The van der Waals surface area contributed by atoms with E-state index in [9.17, 15) is 24.0 Å². The molecule has 1 heterocycles. The number of aryl methyl sites for hydroxylation is 1. The number of halogens is 1. The maximum Gasteiger partial charge on any atom is 0.475 e. The third-order valence-electron chi connectivity index (χ3n) is 4.83. The molecule has 0 saturated carbocycles. The summed E-state index contributed by atoms with van der Waals surface area (Å²) in [7, 11) is -1.64. The van der Waals surface area contributed by atoms with Gasteiger partial charge in [0.2, 0.25) is 5.91 Å². The molecule has 8 heteroatoms. The van der Waals surface area contributed by atoms with Crippen molar-refractivity contribution in [1.82, 2.24) is 5.32 Å². The topological polar surface area (TPSA) is 89.9 Å². The molecule has 27 heavy (non-hydrogen) atoms. The summed E-state index contributed by atoms with van der Waals surface area (Å²) in [5, 5.41) is 21.3. The van der Waals surface area contributed by atoms with E-state index < -0.39 is 25.0 Å². The average Bonchev–Trinajstić information content (AvgIpc) is 2.53. The van der Waals surface area contributed by atoms with Crippen LogP contribution in [0.2, 0.25) is 0 Å². The van der Waals surface area contributed by atoms with Gasteiger partial charge in [0.25, 0.3) is 0 Å². The molecule has 6 nitrogen and oxygen atoms in total. The number of hydrogen-bond donors (Lipinski definition) is 3. The predicted molar refractivity (Wildman–Crippen MR) is 103 cm³/mol. The van der Waals surface area contributed by atoms with Gasteiger partial charge in [-0.15, -0.1) is 0 Å². The minimum absolute atomic E-state index is 0.0269. The molecule has 1 saturated heterocycles. The molecule has 0 spiro atoms. The second-order valence-electron chi connectivity index (χ2n) is 7.64. The molecule has 2 rings (SSSR count). The second-order valence-corrected chi connectivity index (χ2v) is 7.64. The van der Waals surface area contributed by atoms with Crippen LogP contribution in [0.3, 0.4) is 0 Å². The molecule has 0 aliphatic carbocycles. The van der Waals surface area contributed by atoms with Crippen molar-refractivity contribution in [2.45, 2.75) is 58.4 Å². The van der Waals surface area contributed by atoms with E-state index in [1.807, 2.05) is 13.8 Å². The third-order valence-corrected chi connectivity index (χ3v) is 4.83. The van der Waals surface area contributed by atoms with E-state index in [0.717, 1.165) is 5.56 Å². The summed E-state index contributed by atoms with van der Waals surface area (Å²) in [6, 6.07) is 4.51. The number of benzene rings is 1. The highest BCUT2D eigenvalue weighted by atomic mass is 19.1. The minimum atomic E-state index is -1.64. The Bertz CT molecular complexity index is 684. The normalized spacial score (nSPS) is 17.4. The SMILES string of the molecule is Cc1ccc(N2CC[C@H]2C(=O)CCC(=O)N[C@@H](CC(C)C)B(O)O)c(F)c1. The lowest BCUT2D eigenvalue weighted by Gasteiger charge is -2.42. The molecule has 0 aromatic heterocycles. The van der Waals surface area contributed by atoms with Crippen molar-refractivity contribution in [3.8, 4) is 0 Å². The molecule has 1 amide bonds. The van der Waals surface area contributed by atoms with Gasteiger partial charge in [0.15, 0.2) is 5.78 Å². The lowest BCUT2D eigenvalue weighted by Crippen LogP contribution is -2.53. The van der Waals surface area contributed by atoms with Gasteiger partial charge in [-0.05, 0) is 43.4 Å². The number of carbonyl (C=O) groups excluding carboxylic acids is 2. The maximum absolute atomic E-state index is 14.1. The maximum atomic E-state index is 14.1. The lowest BCUT2D eigenvalue weighted by atomic mass is 9.75. The Kier molecular flexibility index (Phi) is 7.38. The van der Waals surface area contributed by atoms with Crippen LogP contribution in [0.5, 0.6) is 0 Å². The van der Waals surface area contributed by atoms with Crippen molar-refractivity contribution in [1.29, 1.82) is 0 Å². The van der Waals surface area contributed by atoms with Gasteiger partial charge < -0.3 is 20.3 Å². The first kappa shape index (κ1) is 21.4. The van der Waals surface area contributed by atoms with Gasteiger partial charge >= 0.3 is 7.12 Å². The number of anilines is 1. The fourth-order valence-corrected chi connectivity index (χ4v) is 3.30. The van der Waals surface area contributed by atoms with E-state index in [0.29, 0.717) is 25.1 Å². The second kappa shape index (κ2) is 9.33. The molecule has 2 atom stereocenters. The Labute approximate surface area is 159 Å². The number of Topliss-reactive ketones (excluding diaryl/α,β-unsaturated/α-hetero) is 1. The molecule has 0 unspecified atom stereocenters. The van der Waals surface area contributed by atoms with Gasteiger partial charge in [0.1, 0.15) is 5.82 Å². The van der Waals surface area contributed by atoms with Gasteiger partial charge in [-0.25, -0.2) is 4.39 Å². The molecular weight excluding hydrogens is 350 g/mol. The van der Waals surface area contributed by atoms with Crippen LogP contribution in [0.4, 0.5) is 10.1 Å². The third kappa shape index (κ3) is 5.77. The molecule has 0 bridgehead atoms.